The number of ether oxygens (including phenoxy) is 1. The molecule has 42 heavy (non-hydrogen) atoms. The minimum atomic E-state index is -0.454. The summed E-state index contributed by atoms with van der Waals surface area (Å²) < 4.78 is 6.43. The molecule has 6 rings (SSSR count). The number of carbonyl (C=O) groups is 2. The molecule has 0 fully saturated rings. The van der Waals surface area contributed by atoms with Gasteiger partial charge in [0.1, 0.15) is 12.4 Å². The highest BCUT2D eigenvalue weighted by atomic mass is 35.5. The van der Waals surface area contributed by atoms with Gasteiger partial charge in [0.15, 0.2) is 11.6 Å². The number of allylic oxidation sites excluding steroid dienone is 4. The third kappa shape index (κ3) is 5.57. The van der Waals surface area contributed by atoms with Crippen molar-refractivity contribution in [3.8, 4) is 5.75 Å². The lowest BCUT2D eigenvalue weighted by Gasteiger charge is -2.49. The summed E-state index contributed by atoms with van der Waals surface area (Å²) in [4.78, 5) is 30.7. The number of Topliss-reactive ketones (excluding diaryl/α,β-unsaturated/α-hetero) is 2. The van der Waals surface area contributed by atoms with Gasteiger partial charge in [-0.1, -0.05) is 100.0 Å². The van der Waals surface area contributed by atoms with E-state index in [1.54, 1.807) is 0 Å². The molecule has 0 atom stereocenters. The van der Waals surface area contributed by atoms with E-state index in [9.17, 15) is 9.59 Å². The van der Waals surface area contributed by atoms with Crippen LogP contribution < -0.4 is 4.74 Å². The summed E-state index contributed by atoms with van der Waals surface area (Å²) in [6, 6.07) is 25.9. The molecule has 0 amide bonds. The van der Waals surface area contributed by atoms with Gasteiger partial charge in [-0.05, 0) is 53.0 Å². The molecule has 3 aromatic carbocycles. The van der Waals surface area contributed by atoms with E-state index in [1.165, 1.54) is 0 Å². The molecular weight excluding hydrogens is 542 g/mol. The molecule has 0 saturated carbocycles. The number of nitrogens with zero attached hydrogens (tertiary/aromatic N) is 1. The van der Waals surface area contributed by atoms with Crippen LogP contribution >= 0.6 is 11.6 Å². The quantitative estimate of drug-likeness (QED) is 0.293. The molecule has 0 bridgehead atoms. The van der Waals surface area contributed by atoms with Gasteiger partial charge in [0.25, 0.3) is 0 Å². The molecule has 216 valence electrons. The van der Waals surface area contributed by atoms with Gasteiger partial charge in [-0.2, -0.15) is 0 Å². The molecular formula is C37H38ClNO3. The lowest BCUT2D eigenvalue weighted by Crippen LogP contribution is -2.44. The Morgan fingerprint density at radius 2 is 1.31 bits per heavy atom. The largest absolute Gasteiger partial charge is 0.489 e. The van der Waals surface area contributed by atoms with Crippen LogP contribution in [0.25, 0.3) is 0 Å². The van der Waals surface area contributed by atoms with Crippen LogP contribution in [0.1, 0.15) is 76.0 Å². The van der Waals surface area contributed by atoms with Gasteiger partial charge in [-0.25, -0.2) is 0 Å². The number of halogens is 1. The van der Waals surface area contributed by atoms with E-state index in [2.05, 4.69) is 44.7 Å². The molecule has 0 aromatic heterocycles. The average Bonchev–Trinajstić information content (AvgIpc) is 2.92. The molecule has 3 aromatic rings. The van der Waals surface area contributed by atoms with Gasteiger partial charge in [0, 0.05) is 58.4 Å². The lowest BCUT2D eigenvalue weighted by atomic mass is 9.63. The third-order valence-corrected chi connectivity index (χ3v) is 8.95. The molecule has 0 spiro atoms. The number of hydrogen-bond donors (Lipinski definition) is 0. The minimum absolute atomic E-state index is 0.123. The molecule has 1 aliphatic heterocycles. The van der Waals surface area contributed by atoms with E-state index in [0.717, 1.165) is 52.1 Å². The number of para-hydroxylation sites is 1. The first-order valence-electron chi connectivity index (χ1n) is 14.8. The van der Waals surface area contributed by atoms with Gasteiger partial charge in [-0.15, -0.1) is 0 Å². The number of benzene rings is 3. The van der Waals surface area contributed by atoms with Crippen LogP contribution in [0.15, 0.2) is 101 Å². The Kier molecular flexibility index (Phi) is 7.39. The molecule has 1 heterocycles. The van der Waals surface area contributed by atoms with Gasteiger partial charge in [-0.3, -0.25) is 9.59 Å². The van der Waals surface area contributed by atoms with Gasteiger partial charge >= 0.3 is 0 Å². The smallest absolute Gasteiger partial charge is 0.162 e. The monoisotopic (exact) mass is 579 g/mol. The van der Waals surface area contributed by atoms with Crippen LogP contribution in [0.4, 0.5) is 0 Å². The van der Waals surface area contributed by atoms with Crippen LogP contribution in [-0.2, 0) is 22.7 Å². The number of ketones is 2. The maximum Gasteiger partial charge on any atom is 0.162 e. The number of rotatable bonds is 6. The lowest BCUT2D eigenvalue weighted by molar-refractivity contribution is -0.119. The van der Waals surface area contributed by atoms with E-state index in [0.29, 0.717) is 36.8 Å². The normalized spacial score (nSPS) is 20.0. The maximum absolute atomic E-state index is 14.2. The highest BCUT2D eigenvalue weighted by Gasteiger charge is 2.49. The maximum atomic E-state index is 14.2. The predicted molar refractivity (Wildman–Crippen MR) is 167 cm³/mol. The second kappa shape index (κ2) is 10.9. The first kappa shape index (κ1) is 28.5. The van der Waals surface area contributed by atoms with E-state index < -0.39 is 5.92 Å². The highest BCUT2D eigenvalue weighted by Crippen LogP contribution is 2.55. The molecule has 0 unspecified atom stereocenters. The van der Waals surface area contributed by atoms with Crippen LogP contribution in [0.3, 0.4) is 0 Å². The molecule has 0 radical (unpaired) electrons. The Hall–Kier alpha value is -3.63. The molecule has 0 N–H and O–H groups in total. The van der Waals surface area contributed by atoms with Crippen molar-refractivity contribution in [3.63, 3.8) is 0 Å². The predicted octanol–water partition coefficient (Wildman–Crippen LogP) is 8.80. The van der Waals surface area contributed by atoms with Crippen molar-refractivity contribution in [1.82, 2.24) is 4.90 Å². The van der Waals surface area contributed by atoms with E-state index >= 15 is 0 Å². The Bertz CT molecular complexity index is 1560. The number of carbonyl (C=O) groups excluding carboxylic acids is 2. The van der Waals surface area contributed by atoms with Crippen LogP contribution in [-0.4, -0.2) is 16.5 Å². The van der Waals surface area contributed by atoms with Crippen molar-refractivity contribution in [2.24, 2.45) is 10.8 Å². The average molecular weight is 580 g/mol. The summed E-state index contributed by atoms with van der Waals surface area (Å²) in [5, 5.41) is 0.658. The molecule has 4 nitrogen and oxygen atoms in total. The number of hydrogen-bond acceptors (Lipinski definition) is 4. The van der Waals surface area contributed by atoms with E-state index in [1.807, 2.05) is 66.7 Å². The zero-order valence-electron chi connectivity index (χ0n) is 24.9. The second-order valence-electron chi connectivity index (χ2n) is 13.6. The van der Waals surface area contributed by atoms with E-state index in [-0.39, 0.29) is 22.4 Å². The highest BCUT2D eigenvalue weighted by molar-refractivity contribution is 6.30. The van der Waals surface area contributed by atoms with Crippen molar-refractivity contribution in [3.05, 3.63) is 123 Å². The summed E-state index contributed by atoms with van der Waals surface area (Å²) in [5.41, 5.74) is 6.27. The van der Waals surface area contributed by atoms with Crippen LogP contribution in [0.5, 0.6) is 5.75 Å². The van der Waals surface area contributed by atoms with Crippen molar-refractivity contribution in [1.29, 1.82) is 0 Å². The fourth-order valence-corrected chi connectivity index (χ4v) is 7.17. The van der Waals surface area contributed by atoms with Crippen LogP contribution in [0, 0.1) is 10.8 Å². The van der Waals surface area contributed by atoms with Gasteiger partial charge in [0.2, 0.25) is 0 Å². The zero-order chi connectivity index (χ0) is 29.6. The summed E-state index contributed by atoms with van der Waals surface area (Å²) in [5.74, 6) is 0.481. The summed E-state index contributed by atoms with van der Waals surface area (Å²) in [6.45, 7) is 9.66. The van der Waals surface area contributed by atoms with Crippen LogP contribution in [0.2, 0.25) is 5.02 Å². The van der Waals surface area contributed by atoms with Gasteiger partial charge < -0.3 is 9.64 Å². The van der Waals surface area contributed by atoms with Crippen molar-refractivity contribution < 1.29 is 14.3 Å². The van der Waals surface area contributed by atoms with Crippen molar-refractivity contribution in [2.45, 2.75) is 72.4 Å². The molecule has 2 aliphatic carbocycles. The molecule has 5 heteroatoms. The first-order valence-corrected chi connectivity index (χ1v) is 15.2. The summed E-state index contributed by atoms with van der Waals surface area (Å²) in [6.07, 6.45) is 2.45. The van der Waals surface area contributed by atoms with E-state index in [4.69, 9.17) is 16.3 Å². The topological polar surface area (TPSA) is 46.6 Å². The third-order valence-electron chi connectivity index (χ3n) is 8.72. The Balaban J connectivity index is 1.52. The Morgan fingerprint density at radius 3 is 1.93 bits per heavy atom. The first-order chi connectivity index (χ1) is 20.0. The van der Waals surface area contributed by atoms with Crippen molar-refractivity contribution in [2.75, 3.05) is 0 Å². The molecule has 3 aliphatic rings. The Labute approximate surface area is 254 Å². The SMILES string of the molecule is CC1(C)CC(=O)C2=C(C1)N(Cc1ccccc1)C1=C(C(=O)CC(C)(C)C1)C2c1ccccc1OCc1cccc(Cl)c1. The second-order valence-corrected chi connectivity index (χ2v) is 14.0. The fraction of sp³-hybridized carbons (Fsp3) is 0.351. The minimum Gasteiger partial charge on any atom is -0.489 e. The molecule has 0 saturated heterocycles. The Morgan fingerprint density at radius 1 is 0.738 bits per heavy atom. The van der Waals surface area contributed by atoms with Crippen molar-refractivity contribution >= 4 is 23.2 Å². The fourth-order valence-electron chi connectivity index (χ4n) is 6.95. The zero-order valence-corrected chi connectivity index (χ0v) is 25.6. The summed E-state index contributed by atoms with van der Waals surface area (Å²) in [7, 11) is 0. The van der Waals surface area contributed by atoms with Gasteiger partial charge in [0.05, 0.1) is 0 Å². The standard InChI is InChI=1S/C37H38ClNO3/c1-36(2)18-28-34(30(40)20-36)33(27-15-8-9-16-32(27)42-23-25-13-10-14-26(38)17-25)35-29(19-37(3,4)21-31(35)41)39(28)22-24-11-6-5-7-12-24/h5-17,33H,18-23H2,1-4H3. The summed E-state index contributed by atoms with van der Waals surface area (Å²) >= 11 is 6.23.